The fourth-order valence-corrected chi connectivity index (χ4v) is 3.49. The average molecular weight is 361 g/mol. The Morgan fingerprint density at radius 2 is 2.00 bits per heavy atom. The van der Waals surface area contributed by atoms with Gasteiger partial charge in [0.15, 0.2) is 0 Å². The Morgan fingerprint density at radius 3 is 2.64 bits per heavy atom. The van der Waals surface area contributed by atoms with Crippen LogP contribution in [0, 0.1) is 13.8 Å². The lowest BCUT2D eigenvalue weighted by atomic mass is 10.1. The number of carbonyl (C=O) groups is 2. The zero-order chi connectivity index (χ0) is 18.4. The summed E-state index contributed by atoms with van der Waals surface area (Å²) in [5, 5.41) is 5.72. The van der Waals surface area contributed by atoms with Crippen molar-refractivity contribution in [3.8, 4) is 5.75 Å². The van der Waals surface area contributed by atoms with Gasteiger partial charge in [-0.15, -0.1) is 11.3 Å². The van der Waals surface area contributed by atoms with Crippen molar-refractivity contribution >= 4 is 29.0 Å². The zero-order valence-corrected chi connectivity index (χ0v) is 15.4. The molecule has 6 nitrogen and oxygen atoms in total. The van der Waals surface area contributed by atoms with Gasteiger partial charge in [0.1, 0.15) is 5.75 Å². The van der Waals surface area contributed by atoms with Gasteiger partial charge in [-0.1, -0.05) is 12.1 Å². The van der Waals surface area contributed by atoms with E-state index in [1.807, 2.05) is 20.8 Å². The molecule has 25 heavy (non-hydrogen) atoms. The Hall–Kier alpha value is -2.54. The number of aryl methyl sites for hydroxylation is 2. The third-order valence-electron chi connectivity index (χ3n) is 3.63. The first-order valence-electron chi connectivity index (χ1n) is 8.01. The van der Waals surface area contributed by atoms with E-state index >= 15 is 0 Å². The number of rotatable bonds is 7. The van der Waals surface area contributed by atoms with Gasteiger partial charge in [-0.25, -0.2) is 4.79 Å². The number of nitrogens with two attached hydrogens (primary N) is 1. The summed E-state index contributed by atoms with van der Waals surface area (Å²) in [5.41, 5.74) is 6.75. The normalized spacial score (nSPS) is 11.6. The summed E-state index contributed by atoms with van der Waals surface area (Å²) < 4.78 is 5.52. The number of primary amides is 1. The van der Waals surface area contributed by atoms with Gasteiger partial charge >= 0.3 is 6.03 Å². The van der Waals surface area contributed by atoms with E-state index in [1.165, 1.54) is 9.75 Å². The maximum atomic E-state index is 12.3. The molecule has 0 aliphatic carbocycles. The molecule has 3 amide bonds. The van der Waals surface area contributed by atoms with Crippen LogP contribution in [0.25, 0.3) is 0 Å². The average Bonchev–Trinajstić information content (AvgIpc) is 2.87. The Labute approximate surface area is 151 Å². The van der Waals surface area contributed by atoms with E-state index in [-0.39, 0.29) is 25.1 Å². The standard InChI is InChI=1S/C18H23N3O3S/c1-11-10-14(13(3)25-11)12(2)20-18(23)21-15-6-4-5-7-16(15)24-9-8-17(19)22/h4-7,10,12H,8-9H2,1-3H3,(H2,19,22)(H2,20,21,23)/t12-/m1/s1. The van der Waals surface area contributed by atoms with Crippen LogP contribution in [0.1, 0.15) is 34.7 Å². The first kappa shape index (κ1) is 18.8. The van der Waals surface area contributed by atoms with Gasteiger partial charge in [-0.3, -0.25) is 4.79 Å². The molecule has 0 fully saturated rings. The number of benzene rings is 1. The molecule has 0 spiro atoms. The van der Waals surface area contributed by atoms with E-state index < -0.39 is 5.91 Å². The highest BCUT2D eigenvalue weighted by Gasteiger charge is 2.15. The van der Waals surface area contributed by atoms with Crippen LogP contribution >= 0.6 is 11.3 Å². The topological polar surface area (TPSA) is 93.4 Å². The van der Waals surface area contributed by atoms with Crippen molar-refractivity contribution in [1.29, 1.82) is 0 Å². The van der Waals surface area contributed by atoms with Gasteiger partial charge in [0, 0.05) is 9.75 Å². The summed E-state index contributed by atoms with van der Waals surface area (Å²) in [5.74, 6) is 0.0625. The van der Waals surface area contributed by atoms with Crippen LogP contribution in [0.15, 0.2) is 30.3 Å². The molecular weight excluding hydrogens is 338 g/mol. The number of anilines is 1. The summed E-state index contributed by atoms with van der Waals surface area (Å²) >= 11 is 1.71. The molecule has 1 atom stereocenters. The highest BCUT2D eigenvalue weighted by Crippen LogP contribution is 2.27. The van der Waals surface area contributed by atoms with E-state index in [1.54, 1.807) is 35.6 Å². The minimum atomic E-state index is -0.432. The number of nitrogens with one attached hydrogen (secondary N) is 2. The number of urea groups is 1. The Balaban J connectivity index is 1.98. The maximum Gasteiger partial charge on any atom is 0.319 e. The van der Waals surface area contributed by atoms with Crippen molar-refractivity contribution in [3.63, 3.8) is 0 Å². The molecule has 2 aromatic rings. The molecule has 7 heteroatoms. The van der Waals surface area contributed by atoms with Crippen molar-refractivity contribution in [2.24, 2.45) is 5.73 Å². The number of carbonyl (C=O) groups excluding carboxylic acids is 2. The van der Waals surface area contributed by atoms with Crippen molar-refractivity contribution in [2.45, 2.75) is 33.2 Å². The highest BCUT2D eigenvalue weighted by molar-refractivity contribution is 7.12. The number of para-hydroxylation sites is 2. The van der Waals surface area contributed by atoms with E-state index in [4.69, 9.17) is 10.5 Å². The van der Waals surface area contributed by atoms with Gasteiger partial charge in [-0.05, 0) is 44.5 Å². The van der Waals surface area contributed by atoms with Crippen LogP contribution in [0.2, 0.25) is 0 Å². The van der Waals surface area contributed by atoms with Crippen molar-refractivity contribution in [3.05, 3.63) is 45.6 Å². The third-order valence-corrected chi connectivity index (χ3v) is 4.62. The lowest BCUT2D eigenvalue weighted by Gasteiger charge is -2.16. The first-order chi connectivity index (χ1) is 11.9. The van der Waals surface area contributed by atoms with E-state index in [0.717, 1.165) is 5.56 Å². The second kappa shape index (κ2) is 8.53. The van der Waals surface area contributed by atoms with Gasteiger partial charge in [-0.2, -0.15) is 0 Å². The summed E-state index contributed by atoms with van der Waals surface area (Å²) in [6.07, 6.45) is 0.119. The van der Waals surface area contributed by atoms with Gasteiger partial charge < -0.3 is 21.1 Å². The molecule has 1 aromatic heterocycles. The smallest absolute Gasteiger partial charge is 0.319 e. The van der Waals surface area contributed by atoms with Gasteiger partial charge in [0.25, 0.3) is 0 Å². The molecule has 0 aliphatic rings. The summed E-state index contributed by atoms with van der Waals surface area (Å²) in [6, 6.07) is 8.73. The zero-order valence-electron chi connectivity index (χ0n) is 14.6. The molecule has 0 radical (unpaired) electrons. The predicted octanol–water partition coefficient (Wildman–Crippen LogP) is 3.50. The molecule has 2 rings (SSSR count). The van der Waals surface area contributed by atoms with Gasteiger partial charge in [0.2, 0.25) is 5.91 Å². The minimum absolute atomic E-state index is 0.104. The molecule has 1 heterocycles. The molecule has 4 N–H and O–H groups in total. The monoisotopic (exact) mass is 361 g/mol. The summed E-state index contributed by atoms with van der Waals surface area (Å²) in [4.78, 5) is 25.5. The quantitative estimate of drug-likeness (QED) is 0.704. The number of amides is 3. The molecule has 134 valence electrons. The Kier molecular flexibility index (Phi) is 6.41. The third kappa shape index (κ3) is 5.49. The van der Waals surface area contributed by atoms with E-state index in [0.29, 0.717) is 11.4 Å². The van der Waals surface area contributed by atoms with Crippen LogP contribution in [0.5, 0.6) is 5.75 Å². The van der Waals surface area contributed by atoms with Crippen LogP contribution in [0.4, 0.5) is 10.5 Å². The SMILES string of the molecule is Cc1cc([C@@H](C)NC(=O)Nc2ccccc2OCCC(N)=O)c(C)s1. The number of ether oxygens (including phenoxy) is 1. The minimum Gasteiger partial charge on any atom is -0.491 e. The van der Waals surface area contributed by atoms with E-state index in [2.05, 4.69) is 16.7 Å². The molecule has 0 bridgehead atoms. The lowest BCUT2D eigenvalue weighted by Crippen LogP contribution is -2.31. The fraction of sp³-hybridized carbons (Fsp3) is 0.333. The van der Waals surface area contributed by atoms with Crippen molar-refractivity contribution < 1.29 is 14.3 Å². The van der Waals surface area contributed by atoms with Crippen LogP contribution < -0.4 is 21.1 Å². The second-order valence-corrected chi connectivity index (χ2v) is 7.21. The summed E-state index contributed by atoms with van der Waals surface area (Å²) in [7, 11) is 0. The summed E-state index contributed by atoms with van der Waals surface area (Å²) in [6.45, 7) is 6.21. The number of hydrogen-bond donors (Lipinski definition) is 3. The molecule has 0 unspecified atom stereocenters. The molecule has 1 aromatic carbocycles. The second-order valence-electron chi connectivity index (χ2n) is 5.75. The molecule has 0 aliphatic heterocycles. The lowest BCUT2D eigenvalue weighted by molar-refractivity contribution is -0.118. The van der Waals surface area contributed by atoms with Gasteiger partial charge in [0.05, 0.1) is 24.8 Å². The fourth-order valence-electron chi connectivity index (χ4n) is 2.47. The Bertz CT molecular complexity index is 758. The van der Waals surface area contributed by atoms with Crippen LogP contribution in [-0.2, 0) is 4.79 Å². The highest BCUT2D eigenvalue weighted by atomic mass is 32.1. The largest absolute Gasteiger partial charge is 0.491 e. The number of thiophene rings is 1. The van der Waals surface area contributed by atoms with Crippen LogP contribution in [-0.4, -0.2) is 18.5 Å². The van der Waals surface area contributed by atoms with Crippen molar-refractivity contribution in [2.75, 3.05) is 11.9 Å². The van der Waals surface area contributed by atoms with E-state index in [9.17, 15) is 9.59 Å². The predicted molar refractivity (Wildman–Crippen MR) is 100 cm³/mol. The number of hydrogen-bond acceptors (Lipinski definition) is 4. The van der Waals surface area contributed by atoms with Crippen LogP contribution in [0.3, 0.4) is 0 Å². The molecular formula is C18H23N3O3S. The Morgan fingerprint density at radius 1 is 1.28 bits per heavy atom. The molecule has 0 saturated carbocycles. The first-order valence-corrected chi connectivity index (χ1v) is 8.83. The van der Waals surface area contributed by atoms with Crippen molar-refractivity contribution in [1.82, 2.24) is 5.32 Å². The molecule has 0 saturated heterocycles. The maximum absolute atomic E-state index is 12.3.